The van der Waals surface area contributed by atoms with Crippen molar-refractivity contribution in [2.24, 2.45) is 0 Å². The van der Waals surface area contributed by atoms with Crippen molar-refractivity contribution in [3.8, 4) is 0 Å². The quantitative estimate of drug-likeness (QED) is 0.626. The third-order valence-corrected chi connectivity index (χ3v) is 2.49. The lowest BCUT2D eigenvalue weighted by atomic mass is 9.80. The van der Waals surface area contributed by atoms with Crippen LogP contribution in [0, 0.1) is 0 Å². The number of esters is 1. The van der Waals surface area contributed by atoms with Gasteiger partial charge >= 0.3 is 5.97 Å². The van der Waals surface area contributed by atoms with Gasteiger partial charge in [0.1, 0.15) is 0 Å². The third-order valence-electron chi connectivity index (χ3n) is 2.49. The first-order valence-electron chi connectivity index (χ1n) is 4.83. The molecule has 0 spiro atoms. The van der Waals surface area contributed by atoms with E-state index in [-0.39, 0.29) is 11.8 Å². The van der Waals surface area contributed by atoms with Crippen LogP contribution in [0.2, 0.25) is 0 Å². The zero-order chi connectivity index (χ0) is 9.90. The molecule has 0 aliphatic heterocycles. The van der Waals surface area contributed by atoms with Crippen LogP contribution in [0.25, 0.3) is 0 Å². The smallest absolute Gasteiger partial charge is 0.306 e. The summed E-state index contributed by atoms with van der Waals surface area (Å²) in [4.78, 5) is 22.3. The maximum Gasteiger partial charge on any atom is 0.306 e. The summed E-state index contributed by atoms with van der Waals surface area (Å²) in [6.45, 7) is 3.71. The van der Waals surface area contributed by atoms with E-state index in [1.54, 1.807) is 6.92 Å². The first-order chi connectivity index (χ1) is 6.08. The number of hydrogen-bond donors (Lipinski definition) is 0. The Bertz CT molecular complexity index is 222. The van der Waals surface area contributed by atoms with Crippen molar-refractivity contribution in [1.82, 2.24) is 0 Å². The molecule has 0 aromatic rings. The Balaban J connectivity index is 2.31. The Morgan fingerprint density at radius 1 is 1.62 bits per heavy atom. The van der Waals surface area contributed by atoms with Gasteiger partial charge in [0.15, 0.2) is 11.4 Å². The number of hydrogen-bond acceptors (Lipinski definition) is 3. The normalized spacial score (nSPS) is 26.8. The first kappa shape index (κ1) is 10.2. The van der Waals surface area contributed by atoms with Gasteiger partial charge in [-0.25, -0.2) is 0 Å². The Morgan fingerprint density at radius 3 is 2.69 bits per heavy atom. The van der Waals surface area contributed by atoms with E-state index in [2.05, 4.69) is 0 Å². The summed E-state index contributed by atoms with van der Waals surface area (Å²) in [5.74, 6) is -0.185. The summed E-state index contributed by atoms with van der Waals surface area (Å²) in [6.07, 6.45) is 3.48. The van der Waals surface area contributed by atoms with Crippen LogP contribution in [0.3, 0.4) is 0 Å². The fourth-order valence-corrected chi connectivity index (χ4v) is 1.31. The molecule has 3 heteroatoms. The summed E-state index contributed by atoms with van der Waals surface area (Å²) < 4.78 is 5.10. The Kier molecular flexibility index (Phi) is 3.07. The molecule has 1 atom stereocenters. The molecule has 1 fully saturated rings. The molecule has 0 bridgehead atoms. The lowest BCUT2D eigenvalue weighted by Crippen LogP contribution is -2.48. The molecule has 1 saturated carbocycles. The van der Waals surface area contributed by atoms with Crippen molar-refractivity contribution in [3.05, 3.63) is 0 Å². The van der Waals surface area contributed by atoms with Crippen molar-refractivity contribution in [2.45, 2.75) is 51.6 Å². The largest absolute Gasteiger partial charge is 0.451 e. The van der Waals surface area contributed by atoms with E-state index in [1.807, 2.05) is 6.92 Å². The molecule has 0 heterocycles. The molecule has 0 aromatic carbocycles. The highest BCUT2D eigenvalue weighted by atomic mass is 16.6. The second-order valence-corrected chi connectivity index (χ2v) is 3.73. The number of rotatable bonds is 4. The van der Waals surface area contributed by atoms with Gasteiger partial charge in [0, 0.05) is 19.3 Å². The summed E-state index contributed by atoms with van der Waals surface area (Å²) >= 11 is 0. The van der Waals surface area contributed by atoms with Gasteiger partial charge < -0.3 is 4.74 Å². The van der Waals surface area contributed by atoms with E-state index in [1.165, 1.54) is 0 Å². The molecular formula is C10H16O3. The number of carbonyl (C=O) groups excluding carboxylic acids is 2. The van der Waals surface area contributed by atoms with Crippen molar-refractivity contribution in [1.29, 1.82) is 0 Å². The Morgan fingerprint density at radius 2 is 2.31 bits per heavy atom. The van der Waals surface area contributed by atoms with Gasteiger partial charge in [-0.05, 0) is 13.3 Å². The minimum atomic E-state index is -0.787. The first-order valence-corrected chi connectivity index (χ1v) is 4.83. The maximum absolute atomic E-state index is 11.2. The number of Topliss-reactive ketones (excluding diaryl/α,β-unsaturated/α-hetero) is 1. The third kappa shape index (κ3) is 2.29. The molecule has 13 heavy (non-hydrogen) atoms. The van der Waals surface area contributed by atoms with Gasteiger partial charge in [0.25, 0.3) is 0 Å². The van der Waals surface area contributed by atoms with Gasteiger partial charge in [0.05, 0.1) is 0 Å². The predicted octanol–water partition coefficient (Wildman–Crippen LogP) is 1.84. The van der Waals surface area contributed by atoms with Crippen LogP contribution in [0.4, 0.5) is 0 Å². The Labute approximate surface area is 78.5 Å². The second-order valence-electron chi connectivity index (χ2n) is 3.73. The van der Waals surface area contributed by atoms with Crippen molar-refractivity contribution < 1.29 is 14.3 Å². The number of ether oxygens (including phenoxy) is 1. The molecule has 1 aliphatic carbocycles. The van der Waals surface area contributed by atoms with E-state index in [0.717, 1.165) is 12.8 Å². The average Bonchev–Trinajstić information content (AvgIpc) is 2.12. The molecule has 0 radical (unpaired) electrons. The minimum Gasteiger partial charge on any atom is -0.451 e. The number of ketones is 1. The Hall–Kier alpha value is -0.860. The van der Waals surface area contributed by atoms with Gasteiger partial charge in [-0.2, -0.15) is 0 Å². The van der Waals surface area contributed by atoms with Crippen LogP contribution in [0.5, 0.6) is 0 Å². The van der Waals surface area contributed by atoms with Crippen molar-refractivity contribution >= 4 is 11.8 Å². The lowest BCUT2D eigenvalue weighted by molar-refractivity contribution is -0.175. The molecular weight excluding hydrogens is 168 g/mol. The van der Waals surface area contributed by atoms with Crippen LogP contribution < -0.4 is 0 Å². The monoisotopic (exact) mass is 184 g/mol. The van der Waals surface area contributed by atoms with Crippen LogP contribution in [-0.2, 0) is 14.3 Å². The van der Waals surface area contributed by atoms with Gasteiger partial charge in [-0.3, -0.25) is 9.59 Å². The summed E-state index contributed by atoms with van der Waals surface area (Å²) in [5, 5.41) is 0. The summed E-state index contributed by atoms with van der Waals surface area (Å²) in [7, 11) is 0. The van der Waals surface area contributed by atoms with Crippen LogP contribution in [-0.4, -0.2) is 17.4 Å². The highest BCUT2D eigenvalue weighted by molar-refractivity contribution is 5.94. The second kappa shape index (κ2) is 3.90. The van der Waals surface area contributed by atoms with E-state index in [0.29, 0.717) is 19.3 Å². The van der Waals surface area contributed by atoms with Crippen molar-refractivity contribution in [2.75, 3.05) is 0 Å². The SMILES string of the molecule is CCCCC(=O)OC1(C)CCC1=O. The van der Waals surface area contributed by atoms with E-state index >= 15 is 0 Å². The zero-order valence-corrected chi connectivity index (χ0v) is 8.26. The highest BCUT2D eigenvalue weighted by Crippen LogP contribution is 2.31. The van der Waals surface area contributed by atoms with Crippen LogP contribution >= 0.6 is 0 Å². The van der Waals surface area contributed by atoms with E-state index in [4.69, 9.17) is 4.74 Å². The predicted molar refractivity (Wildman–Crippen MR) is 48.3 cm³/mol. The van der Waals surface area contributed by atoms with E-state index in [9.17, 15) is 9.59 Å². The number of unbranched alkanes of at least 4 members (excludes halogenated alkanes) is 1. The number of carbonyl (C=O) groups is 2. The molecule has 1 aliphatic rings. The zero-order valence-electron chi connectivity index (χ0n) is 8.26. The maximum atomic E-state index is 11.2. The van der Waals surface area contributed by atoms with E-state index < -0.39 is 5.60 Å². The van der Waals surface area contributed by atoms with Gasteiger partial charge in [-0.15, -0.1) is 0 Å². The topological polar surface area (TPSA) is 43.4 Å². The van der Waals surface area contributed by atoms with Gasteiger partial charge in [-0.1, -0.05) is 13.3 Å². The molecule has 1 unspecified atom stereocenters. The lowest BCUT2D eigenvalue weighted by Gasteiger charge is -2.35. The molecule has 0 saturated heterocycles. The molecule has 74 valence electrons. The summed E-state index contributed by atoms with van der Waals surface area (Å²) in [6, 6.07) is 0. The summed E-state index contributed by atoms with van der Waals surface area (Å²) in [5.41, 5.74) is -0.787. The molecule has 0 aromatic heterocycles. The molecule has 0 N–H and O–H groups in total. The van der Waals surface area contributed by atoms with Gasteiger partial charge in [0.2, 0.25) is 0 Å². The standard InChI is InChI=1S/C10H16O3/c1-3-4-5-9(12)13-10(2)7-6-8(10)11/h3-7H2,1-2H3. The minimum absolute atomic E-state index is 0.0531. The fourth-order valence-electron chi connectivity index (χ4n) is 1.31. The average molecular weight is 184 g/mol. The fraction of sp³-hybridized carbons (Fsp3) is 0.800. The van der Waals surface area contributed by atoms with Crippen LogP contribution in [0.15, 0.2) is 0 Å². The van der Waals surface area contributed by atoms with Crippen molar-refractivity contribution in [3.63, 3.8) is 0 Å². The van der Waals surface area contributed by atoms with Crippen LogP contribution in [0.1, 0.15) is 46.0 Å². The molecule has 0 amide bonds. The molecule has 3 nitrogen and oxygen atoms in total. The molecule has 1 rings (SSSR count). The highest BCUT2D eigenvalue weighted by Gasteiger charge is 2.44.